The molecule has 0 radical (unpaired) electrons. The average molecular weight is 411 g/mol. The van der Waals surface area contributed by atoms with E-state index in [1.807, 2.05) is 6.07 Å². The predicted molar refractivity (Wildman–Crippen MR) is 101 cm³/mol. The van der Waals surface area contributed by atoms with E-state index >= 15 is 0 Å². The van der Waals surface area contributed by atoms with E-state index in [0.29, 0.717) is 22.2 Å². The van der Waals surface area contributed by atoms with Crippen molar-refractivity contribution in [1.29, 1.82) is 0 Å². The summed E-state index contributed by atoms with van der Waals surface area (Å²) in [5, 5.41) is 11.0. The maximum Gasteiger partial charge on any atom is 0.289 e. The van der Waals surface area contributed by atoms with Gasteiger partial charge in [0.25, 0.3) is 11.6 Å². The van der Waals surface area contributed by atoms with Gasteiger partial charge in [-0.15, -0.1) is 11.3 Å². The van der Waals surface area contributed by atoms with Gasteiger partial charge in [0.2, 0.25) is 0 Å². The van der Waals surface area contributed by atoms with Gasteiger partial charge < -0.3 is 9.32 Å². The average Bonchev–Trinajstić information content (AvgIpc) is 3.23. The number of halogens is 2. The molecule has 2 heterocycles. The van der Waals surface area contributed by atoms with E-state index in [-0.39, 0.29) is 22.4 Å². The smallest absolute Gasteiger partial charge is 0.289 e. The van der Waals surface area contributed by atoms with Crippen LogP contribution in [-0.4, -0.2) is 22.8 Å². The first-order chi connectivity index (χ1) is 12.3. The fraction of sp³-hybridized carbons (Fsp3) is 0.118. The largest absolute Gasteiger partial charge is 0.451 e. The number of nitro benzene ring substituents is 1. The quantitative estimate of drug-likeness (QED) is 0.411. The van der Waals surface area contributed by atoms with E-state index < -0.39 is 4.92 Å². The fourth-order valence-corrected chi connectivity index (χ4v) is 3.75. The summed E-state index contributed by atoms with van der Waals surface area (Å²) in [4.78, 5) is 25.2. The van der Waals surface area contributed by atoms with Crippen molar-refractivity contribution in [2.24, 2.45) is 0 Å². The molecule has 1 aromatic carbocycles. The summed E-state index contributed by atoms with van der Waals surface area (Å²) in [7, 11) is 1.66. The van der Waals surface area contributed by atoms with Crippen LogP contribution >= 0.6 is 34.5 Å². The van der Waals surface area contributed by atoms with E-state index in [1.54, 1.807) is 25.2 Å². The Labute approximate surface area is 162 Å². The second-order valence-corrected chi connectivity index (χ2v) is 7.66. The molecule has 0 aliphatic rings. The van der Waals surface area contributed by atoms with Gasteiger partial charge in [-0.3, -0.25) is 14.9 Å². The molecular weight excluding hydrogens is 399 g/mol. The summed E-state index contributed by atoms with van der Waals surface area (Å²) in [6.07, 6.45) is 0. The number of furan rings is 1. The van der Waals surface area contributed by atoms with Crippen LogP contribution in [0.25, 0.3) is 11.3 Å². The molecule has 9 heteroatoms. The van der Waals surface area contributed by atoms with Gasteiger partial charge in [0.15, 0.2) is 5.76 Å². The van der Waals surface area contributed by atoms with Crippen molar-refractivity contribution in [3.8, 4) is 11.3 Å². The molecule has 2 aromatic heterocycles. The molecule has 0 unspecified atom stereocenters. The normalized spacial score (nSPS) is 10.7. The van der Waals surface area contributed by atoms with Crippen LogP contribution in [0.2, 0.25) is 9.36 Å². The zero-order valence-electron chi connectivity index (χ0n) is 13.4. The minimum Gasteiger partial charge on any atom is -0.451 e. The molecule has 0 atom stereocenters. The SMILES string of the molecule is CN(Cc1ccc(Cl)s1)C(=O)c1ccc(-c2ccc([N+](=O)[O-])cc2Cl)o1. The van der Waals surface area contributed by atoms with Crippen LogP contribution < -0.4 is 0 Å². The second kappa shape index (κ2) is 7.49. The second-order valence-electron chi connectivity index (χ2n) is 5.45. The zero-order valence-corrected chi connectivity index (χ0v) is 15.8. The molecule has 0 aliphatic heterocycles. The van der Waals surface area contributed by atoms with Crippen molar-refractivity contribution in [1.82, 2.24) is 4.90 Å². The summed E-state index contributed by atoms with van der Waals surface area (Å²) in [5.74, 6) is 0.221. The van der Waals surface area contributed by atoms with Crippen molar-refractivity contribution < 1.29 is 14.1 Å². The molecular formula is C17H12Cl2N2O4S. The molecule has 0 aliphatic carbocycles. The topological polar surface area (TPSA) is 76.6 Å². The maximum atomic E-state index is 12.5. The number of non-ortho nitro benzene ring substituents is 1. The minimum absolute atomic E-state index is 0.115. The minimum atomic E-state index is -0.529. The van der Waals surface area contributed by atoms with E-state index in [9.17, 15) is 14.9 Å². The number of amides is 1. The lowest BCUT2D eigenvalue weighted by molar-refractivity contribution is -0.384. The lowest BCUT2D eigenvalue weighted by Crippen LogP contribution is -2.25. The first-order valence-corrected chi connectivity index (χ1v) is 8.96. The van der Waals surface area contributed by atoms with E-state index in [0.717, 1.165) is 4.88 Å². The fourth-order valence-electron chi connectivity index (χ4n) is 2.35. The highest BCUT2D eigenvalue weighted by Gasteiger charge is 2.19. The molecule has 6 nitrogen and oxygen atoms in total. The Morgan fingerprint density at radius 2 is 2.00 bits per heavy atom. The number of carbonyl (C=O) groups is 1. The highest BCUT2D eigenvalue weighted by atomic mass is 35.5. The van der Waals surface area contributed by atoms with E-state index in [2.05, 4.69) is 0 Å². The van der Waals surface area contributed by atoms with Crippen molar-refractivity contribution in [3.05, 3.63) is 72.6 Å². The Morgan fingerprint density at radius 1 is 1.23 bits per heavy atom. The van der Waals surface area contributed by atoms with Gasteiger partial charge in [0.05, 0.1) is 20.8 Å². The van der Waals surface area contributed by atoms with Crippen LogP contribution in [0.1, 0.15) is 15.4 Å². The molecule has 1 amide bonds. The van der Waals surface area contributed by atoms with Gasteiger partial charge in [-0.1, -0.05) is 23.2 Å². The number of thiophene rings is 1. The molecule has 0 spiro atoms. The third-order valence-corrected chi connectivity index (χ3v) is 5.14. The van der Waals surface area contributed by atoms with Gasteiger partial charge in [-0.2, -0.15) is 0 Å². The lowest BCUT2D eigenvalue weighted by atomic mass is 10.1. The monoisotopic (exact) mass is 410 g/mol. The molecule has 26 heavy (non-hydrogen) atoms. The van der Waals surface area contributed by atoms with E-state index in [1.165, 1.54) is 34.4 Å². The molecule has 0 N–H and O–H groups in total. The maximum absolute atomic E-state index is 12.5. The van der Waals surface area contributed by atoms with Gasteiger partial charge >= 0.3 is 0 Å². The Morgan fingerprint density at radius 3 is 2.62 bits per heavy atom. The van der Waals surface area contributed by atoms with Crippen LogP contribution in [-0.2, 0) is 6.54 Å². The Balaban J connectivity index is 1.78. The first kappa shape index (κ1) is 18.4. The third-order valence-electron chi connectivity index (χ3n) is 3.61. The predicted octanol–water partition coefficient (Wildman–Crippen LogP) is 5.50. The molecule has 0 saturated carbocycles. The number of benzene rings is 1. The number of nitrogens with zero attached hydrogens (tertiary/aromatic N) is 2. The molecule has 3 rings (SSSR count). The Bertz CT molecular complexity index is 983. The number of carbonyl (C=O) groups excluding carboxylic acids is 1. The van der Waals surface area contributed by atoms with Crippen molar-refractivity contribution >= 4 is 46.1 Å². The van der Waals surface area contributed by atoms with Gasteiger partial charge in [0.1, 0.15) is 5.76 Å². The summed E-state index contributed by atoms with van der Waals surface area (Å²) in [6.45, 7) is 0.407. The molecule has 0 bridgehead atoms. The highest BCUT2D eigenvalue weighted by Crippen LogP contribution is 2.32. The summed E-state index contributed by atoms with van der Waals surface area (Å²) >= 11 is 13.4. The Hall–Kier alpha value is -2.35. The first-order valence-electron chi connectivity index (χ1n) is 7.39. The van der Waals surface area contributed by atoms with Crippen molar-refractivity contribution in [3.63, 3.8) is 0 Å². The number of rotatable bonds is 5. The van der Waals surface area contributed by atoms with Gasteiger partial charge in [0, 0.05) is 29.6 Å². The molecule has 3 aromatic rings. The van der Waals surface area contributed by atoms with Gasteiger partial charge in [-0.05, 0) is 30.3 Å². The van der Waals surface area contributed by atoms with E-state index in [4.69, 9.17) is 27.6 Å². The summed E-state index contributed by atoms with van der Waals surface area (Å²) < 4.78 is 6.27. The highest BCUT2D eigenvalue weighted by molar-refractivity contribution is 7.16. The van der Waals surface area contributed by atoms with Crippen LogP contribution in [0.4, 0.5) is 5.69 Å². The summed E-state index contributed by atoms with van der Waals surface area (Å²) in [6, 6.07) is 10.9. The number of nitro groups is 1. The molecule has 0 saturated heterocycles. The van der Waals surface area contributed by atoms with Crippen LogP contribution in [0, 0.1) is 10.1 Å². The van der Waals surface area contributed by atoms with Crippen molar-refractivity contribution in [2.75, 3.05) is 7.05 Å². The third kappa shape index (κ3) is 3.90. The number of hydrogen-bond donors (Lipinski definition) is 0. The van der Waals surface area contributed by atoms with Crippen LogP contribution in [0.3, 0.4) is 0 Å². The number of hydrogen-bond acceptors (Lipinski definition) is 5. The van der Waals surface area contributed by atoms with Crippen LogP contribution in [0.5, 0.6) is 0 Å². The Kier molecular flexibility index (Phi) is 5.31. The summed E-state index contributed by atoms with van der Waals surface area (Å²) in [5.41, 5.74) is 0.361. The molecule has 134 valence electrons. The standard InChI is InChI=1S/C17H12Cl2N2O4S/c1-20(9-11-3-7-16(19)26-11)17(22)15-6-5-14(25-15)12-4-2-10(21(23)24)8-13(12)18/h2-8H,9H2,1H3. The van der Waals surface area contributed by atoms with Gasteiger partial charge in [-0.25, -0.2) is 0 Å². The zero-order chi connectivity index (χ0) is 18.8. The molecule has 0 fully saturated rings. The lowest BCUT2D eigenvalue weighted by Gasteiger charge is -2.14. The van der Waals surface area contributed by atoms with Crippen LogP contribution in [0.15, 0.2) is 46.9 Å². The van der Waals surface area contributed by atoms with Crippen molar-refractivity contribution in [2.45, 2.75) is 6.54 Å².